The summed E-state index contributed by atoms with van der Waals surface area (Å²) in [5, 5.41) is 3.90. The first kappa shape index (κ1) is 11.2. The van der Waals surface area contributed by atoms with Gasteiger partial charge in [-0.05, 0) is 0 Å². The minimum atomic E-state index is -0.445. The molecule has 82 valence electrons. The fourth-order valence-corrected chi connectivity index (χ4v) is 1.02. The molecular formula is C9H12N2O4. The zero-order valence-electron chi connectivity index (χ0n) is 8.60. The van der Waals surface area contributed by atoms with Crippen LogP contribution in [0.1, 0.15) is 16.8 Å². The third-order valence-electron chi connectivity index (χ3n) is 1.83. The molecule has 0 bridgehead atoms. The normalized spacial score (nSPS) is 9.73. The van der Waals surface area contributed by atoms with Crippen LogP contribution in [-0.4, -0.2) is 35.9 Å². The molecule has 0 N–H and O–H groups in total. The molecule has 0 aliphatic rings. The monoisotopic (exact) mass is 212 g/mol. The van der Waals surface area contributed by atoms with Gasteiger partial charge in [0.1, 0.15) is 0 Å². The second-order valence-electron chi connectivity index (χ2n) is 2.81. The van der Waals surface area contributed by atoms with Gasteiger partial charge in [0.15, 0.2) is 0 Å². The zero-order valence-corrected chi connectivity index (χ0v) is 8.60. The molecule has 0 aliphatic carbocycles. The molecule has 0 spiro atoms. The topological polar surface area (TPSA) is 70.4 Å². The van der Waals surface area contributed by atoms with Crippen LogP contribution in [0.5, 0.6) is 0 Å². The van der Waals surface area contributed by atoms with E-state index in [2.05, 4.69) is 14.6 Å². The number of hydrogen-bond acceptors (Lipinski definition) is 5. The van der Waals surface area contributed by atoms with Gasteiger partial charge in [-0.15, -0.1) is 0 Å². The maximum absolute atomic E-state index is 11.1. The summed E-state index contributed by atoms with van der Waals surface area (Å²) in [5.41, 5.74) is 0.363. The first-order valence-electron chi connectivity index (χ1n) is 4.35. The SMILES string of the molecule is COC(=O)CCn1cc(C(=O)OC)cn1. The van der Waals surface area contributed by atoms with E-state index in [1.807, 2.05) is 0 Å². The lowest BCUT2D eigenvalue weighted by Crippen LogP contribution is -2.07. The van der Waals surface area contributed by atoms with Gasteiger partial charge in [0.05, 0.1) is 38.9 Å². The number of aromatic nitrogens is 2. The molecular weight excluding hydrogens is 200 g/mol. The summed E-state index contributed by atoms with van der Waals surface area (Å²) < 4.78 is 10.5. The van der Waals surface area contributed by atoms with Crippen LogP contribution in [-0.2, 0) is 20.8 Å². The Balaban J connectivity index is 2.53. The molecule has 0 unspecified atom stereocenters. The molecule has 0 saturated carbocycles. The van der Waals surface area contributed by atoms with Crippen molar-refractivity contribution in [2.45, 2.75) is 13.0 Å². The zero-order chi connectivity index (χ0) is 11.3. The molecule has 1 aromatic rings. The lowest BCUT2D eigenvalue weighted by molar-refractivity contribution is -0.140. The predicted octanol–water partition coefficient (Wildman–Crippen LogP) is 0.233. The smallest absolute Gasteiger partial charge is 0.341 e. The third-order valence-corrected chi connectivity index (χ3v) is 1.83. The van der Waals surface area contributed by atoms with Gasteiger partial charge in [0, 0.05) is 6.20 Å². The fraction of sp³-hybridized carbons (Fsp3) is 0.444. The van der Waals surface area contributed by atoms with Crippen molar-refractivity contribution in [3.05, 3.63) is 18.0 Å². The van der Waals surface area contributed by atoms with Crippen LogP contribution in [0.4, 0.5) is 0 Å². The second kappa shape index (κ2) is 5.14. The molecule has 1 rings (SSSR count). The molecule has 0 radical (unpaired) electrons. The Morgan fingerprint density at radius 2 is 2.13 bits per heavy atom. The molecule has 0 saturated heterocycles. The maximum Gasteiger partial charge on any atom is 0.341 e. The van der Waals surface area contributed by atoms with E-state index in [0.717, 1.165) is 0 Å². The van der Waals surface area contributed by atoms with Gasteiger partial charge in [-0.3, -0.25) is 9.48 Å². The number of esters is 2. The van der Waals surface area contributed by atoms with Crippen LogP contribution in [0, 0.1) is 0 Å². The lowest BCUT2D eigenvalue weighted by atomic mass is 10.4. The number of nitrogens with zero attached hydrogens (tertiary/aromatic N) is 2. The summed E-state index contributed by atoms with van der Waals surface area (Å²) in [6.07, 6.45) is 3.14. The molecule has 0 atom stereocenters. The van der Waals surface area contributed by atoms with E-state index < -0.39 is 5.97 Å². The van der Waals surface area contributed by atoms with Gasteiger partial charge in [0.2, 0.25) is 0 Å². The van der Waals surface area contributed by atoms with Crippen molar-refractivity contribution in [2.75, 3.05) is 14.2 Å². The van der Waals surface area contributed by atoms with Gasteiger partial charge in [-0.25, -0.2) is 4.79 Å². The van der Waals surface area contributed by atoms with Crippen LogP contribution >= 0.6 is 0 Å². The standard InChI is InChI=1S/C9H12N2O4/c1-14-8(12)3-4-11-6-7(5-10-11)9(13)15-2/h5-6H,3-4H2,1-2H3. The summed E-state index contributed by atoms with van der Waals surface area (Å²) in [4.78, 5) is 21.9. The lowest BCUT2D eigenvalue weighted by Gasteiger charge is -1.99. The van der Waals surface area contributed by atoms with Gasteiger partial charge < -0.3 is 9.47 Å². The number of hydrogen-bond donors (Lipinski definition) is 0. The first-order chi connectivity index (χ1) is 7.17. The van der Waals surface area contributed by atoms with Crippen molar-refractivity contribution < 1.29 is 19.1 Å². The summed E-state index contributed by atoms with van der Waals surface area (Å²) >= 11 is 0. The number of methoxy groups -OCH3 is 2. The van der Waals surface area contributed by atoms with Gasteiger partial charge >= 0.3 is 11.9 Å². The van der Waals surface area contributed by atoms with Crippen LogP contribution in [0.3, 0.4) is 0 Å². The van der Waals surface area contributed by atoms with Crippen LogP contribution < -0.4 is 0 Å². The molecule has 0 amide bonds. The molecule has 0 aromatic carbocycles. The fourth-order valence-electron chi connectivity index (χ4n) is 1.02. The summed E-state index contributed by atoms with van der Waals surface area (Å²) in [7, 11) is 2.62. The highest BCUT2D eigenvalue weighted by atomic mass is 16.5. The number of carbonyl (C=O) groups is 2. The summed E-state index contributed by atoms with van der Waals surface area (Å²) in [5.74, 6) is -0.760. The Morgan fingerprint density at radius 3 is 2.73 bits per heavy atom. The minimum Gasteiger partial charge on any atom is -0.469 e. The molecule has 15 heavy (non-hydrogen) atoms. The Kier molecular flexibility index (Phi) is 3.84. The molecule has 0 aliphatic heterocycles. The highest BCUT2D eigenvalue weighted by molar-refractivity contribution is 5.88. The van der Waals surface area contributed by atoms with Crippen LogP contribution in [0.2, 0.25) is 0 Å². The van der Waals surface area contributed by atoms with Crippen molar-refractivity contribution in [3.8, 4) is 0 Å². The van der Waals surface area contributed by atoms with Crippen molar-refractivity contribution in [1.29, 1.82) is 0 Å². The molecule has 6 nitrogen and oxygen atoms in total. The second-order valence-corrected chi connectivity index (χ2v) is 2.81. The summed E-state index contributed by atoms with van der Waals surface area (Å²) in [6, 6.07) is 0. The molecule has 1 heterocycles. The van der Waals surface area contributed by atoms with E-state index in [0.29, 0.717) is 12.1 Å². The van der Waals surface area contributed by atoms with Crippen molar-refractivity contribution >= 4 is 11.9 Å². The van der Waals surface area contributed by atoms with Crippen LogP contribution in [0.25, 0.3) is 0 Å². The molecule has 0 fully saturated rings. The van der Waals surface area contributed by atoms with E-state index in [4.69, 9.17) is 0 Å². The Labute approximate surface area is 86.8 Å². The molecule has 1 aromatic heterocycles. The Hall–Kier alpha value is -1.85. The summed E-state index contributed by atoms with van der Waals surface area (Å²) in [6.45, 7) is 0.379. The van der Waals surface area contributed by atoms with E-state index in [1.54, 1.807) is 0 Å². The van der Waals surface area contributed by atoms with Crippen molar-refractivity contribution in [3.63, 3.8) is 0 Å². The number of aryl methyl sites for hydroxylation is 1. The van der Waals surface area contributed by atoms with E-state index in [9.17, 15) is 9.59 Å². The van der Waals surface area contributed by atoms with E-state index in [-0.39, 0.29) is 12.4 Å². The highest BCUT2D eigenvalue weighted by Gasteiger charge is 2.08. The Morgan fingerprint density at radius 1 is 1.40 bits per heavy atom. The van der Waals surface area contributed by atoms with Crippen molar-refractivity contribution in [1.82, 2.24) is 9.78 Å². The van der Waals surface area contributed by atoms with Gasteiger partial charge in [0.25, 0.3) is 0 Å². The van der Waals surface area contributed by atoms with Crippen molar-refractivity contribution in [2.24, 2.45) is 0 Å². The number of rotatable bonds is 4. The predicted molar refractivity (Wildman–Crippen MR) is 50.2 cm³/mol. The quantitative estimate of drug-likeness (QED) is 0.668. The van der Waals surface area contributed by atoms with E-state index in [1.165, 1.54) is 31.3 Å². The van der Waals surface area contributed by atoms with Gasteiger partial charge in [-0.2, -0.15) is 5.10 Å². The van der Waals surface area contributed by atoms with E-state index >= 15 is 0 Å². The largest absolute Gasteiger partial charge is 0.469 e. The maximum atomic E-state index is 11.1. The molecule has 6 heteroatoms. The van der Waals surface area contributed by atoms with Crippen LogP contribution in [0.15, 0.2) is 12.4 Å². The number of carbonyl (C=O) groups excluding carboxylic acids is 2. The third kappa shape index (κ3) is 3.08. The average Bonchev–Trinajstić information content (AvgIpc) is 2.73. The highest BCUT2D eigenvalue weighted by Crippen LogP contribution is 2.00. The Bertz CT molecular complexity index is 359. The van der Waals surface area contributed by atoms with Gasteiger partial charge in [-0.1, -0.05) is 0 Å². The minimum absolute atomic E-state index is 0.221. The average molecular weight is 212 g/mol. The number of ether oxygens (including phenoxy) is 2. The first-order valence-corrected chi connectivity index (χ1v) is 4.35.